The van der Waals surface area contributed by atoms with Crippen LogP contribution in [0.5, 0.6) is 0 Å². The van der Waals surface area contributed by atoms with Crippen LogP contribution in [0.2, 0.25) is 0 Å². The van der Waals surface area contributed by atoms with E-state index in [-0.39, 0.29) is 6.04 Å². The first-order valence-electron chi connectivity index (χ1n) is 6.06. The largest absolute Gasteiger partial charge is 0.305 e. The molecule has 2 aromatic heterocycles. The van der Waals surface area contributed by atoms with Crippen LogP contribution < -0.4 is 5.32 Å². The molecule has 0 aliphatic heterocycles. The molecular weight excluding hydrogens is 290 g/mol. The van der Waals surface area contributed by atoms with E-state index in [1.807, 2.05) is 30.6 Å². The topological polar surface area (TPSA) is 37.8 Å². The van der Waals surface area contributed by atoms with Crippen LogP contribution in [-0.4, -0.2) is 16.5 Å². The molecule has 0 aliphatic rings. The van der Waals surface area contributed by atoms with E-state index in [0.717, 1.165) is 28.7 Å². The molecule has 0 amide bonds. The lowest BCUT2D eigenvalue weighted by Crippen LogP contribution is -2.24. The van der Waals surface area contributed by atoms with Crippen molar-refractivity contribution in [2.45, 2.75) is 19.4 Å². The predicted octanol–water partition coefficient (Wildman–Crippen LogP) is 3.33. The molecule has 2 heterocycles. The van der Waals surface area contributed by atoms with E-state index in [1.165, 1.54) is 0 Å². The maximum Gasteiger partial charge on any atom is 0.0766 e. The van der Waals surface area contributed by atoms with Gasteiger partial charge in [0, 0.05) is 23.1 Å². The second-order valence-electron chi connectivity index (χ2n) is 4.07. The van der Waals surface area contributed by atoms with Gasteiger partial charge in [-0.2, -0.15) is 0 Å². The zero-order valence-corrected chi connectivity index (χ0v) is 11.9. The molecule has 4 heteroatoms. The van der Waals surface area contributed by atoms with Gasteiger partial charge in [0.25, 0.3) is 0 Å². The minimum Gasteiger partial charge on any atom is -0.305 e. The monoisotopic (exact) mass is 305 g/mol. The molecule has 0 fully saturated rings. The molecule has 0 aliphatic carbocycles. The third kappa shape index (κ3) is 3.37. The Kier molecular flexibility index (Phi) is 4.84. The second-order valence-corrected chi connectivity index (χ2v) is 4.99. The minimum absolute atomic E-state index is 0.103. The van der Waals surface area contributed by atoms with Gasteiger partial charge in [0.2, 0.25) is 0 Å². The van der Waals surface area contributed by atoms with Crippen molar-refractivity contribution in [3.05, 3.63) is 58.6 Å². The van der Waals surface area contributed by atoms with E-state index in [2.05, 4.69) is 44.2 Å². The van der Waals surface area contributed by atoms with Crippen molar-refractivity contribution < 1.29 is 0 Å². The molecule has 2 rings (SSSR count). The third-order valence-electron chi connectivity index (χ3n) is 2.66. The first-order valence-corrected chi connectivity index (χ1v) is 6.85. The highest BCUT2D eigenvalue weighted by Gasteiger charge is 2.14. The van der Waals surface area contributed by atoms with Gasteiger partial charge in [-0.3, -0.25) is 9.97 Å². The standard InChI is InChI=1S/C14H16BrN3/c1-2-7-17-14(11-4-3-8-16-9-11)13-6-5-12(15)10-18-13/h3-6,8-10,14,17H,2,7H2,1H3. The summed E-state index contributed by atoms with van der Waals surface area (Å²) in [5.74, 6) is 0. The van der Waals surface area contributed by atoms with Gasteiger partial charge in [-0.25, -0.2) is 0 Å². The molecule has 2 aromatic rings. The quantitative estimate of drug-likeness (QED) is 0.921. The Labute approximate surface area is 116 Å². The molecule has 0 bridgehead atoms. The Morgan fingerprint density at radius 1 is 1.28 bits per heavy atom. The van der Waals surface area contributed by atoms with E-state index in [1.54, 1.807) is 6.20 Å². The summed E-state index contributed by atoms with van der Waals surface area (Å²) in [7, 11) is 0. The van der Waals surface area contributed by atoms with E-state index in [4.69, 9.17) is 0 Å². The number of rotatable bonds is 5. The lowest BCUT2D eigenvalue weighted by Gasteiger charge is -2.18. The fraction of sp³-hybridized carbons (Fsp3) is 0.286. The van der Waals surface area contributed by atoms with E-state index < -0.39 is 0 Å². The zero-order chi connectivity index (χ0) is 12.8. The average molecular weight is 306 g/mol. The van der Waals surface area contributed by atoms with Crippen molar-refractivity contribution in [1.82, 2.24) is 15.3 Å². The van der Waals surface area contributed by atoms with Crippen LogP contribution in [0, 0.1) is 0 Å². The summed E-state index contributed by atoms with van der Waals surface area (Å²) in [6.45, 7) is 3.11. The Bertz CT molecular complexity index is 470. The Morgan fingerprint density at radius 3 is 2.78 bits per heavy atom. The molecule has 3 nitrogen and oxygen atoms in total. The van der Waals surface area contributed by atoms with Crippen molar-refractivity contribution in [3.8, 4) is 0 Å². The van der Waals surface area contributed by atoms with Gasteiger partial charge in [0.15, 0.2) is 0 Å². The Balaban J connectivity index is 2.27. The lowest BCUT2D eigenvalue weighted by molar-refractivity contribution is 0.585. The number of hydrogen-bond donors (Lipinski definition) is 1. The Hall–Kier alpha value is -1.26. The molecule has 0 spiro atoms. The van der Waals surface area contributed by atoms with Crippen molar-refractivity contribution >= 4 is 15.9 Å². The van der Waals surface area contributed by atoms with Gasteiger partial charge in [-0.15, -0.1) is 0 Å². The predicted molar refractivity (Wildman–Crippen MR) is 76.3 cm³/mol. The van der Waals surface area contributed by atoms with E-state index in [0.29, 0.717) is 0 Å². The van der Waals surface area contributed by atoms with Crippen LogP contribution in [0.15, 0.2) is 47.3 Å². The van der Waals surface area contributed by atoms with Gasteiger partial charge in [0.1, 0.15) is 0 Å². The first-order chi connectivity index (χ1) is 8.81. The van der Waals surface area contributed by atoms with Crippen LogP contribution in [0.3, 0.4) is 0 Å². The number of hydrogen-bond acceptors (Lipinski definition) is 3. The summed E-state index contributed by atoms with van der Waals surface area (Å²) in [5, 5.41) is 3.50. The highest BCUT2D eigenvalue weighted by molar-refractivity contribution is 9.10. The summed E-state index contributed by atoms with van der Waals surface area (Å²) < 4.78 is 0.992. The number of nitrogens with one attached hydrogen (secondary N) is 1. The van der Waals surface area contributed by atoms with Crippen molar-refractivity contribution in [2.75, 3.05) is 6.54 Å². The van der Waals surface area contributed by atoms with Crippen LogP contribution >= 0.6 is 15.9 Å². The van der Waals surface area contributed by atoms with Crippen LogP contribution in [-0.2, 0) is 0 Å². The van der Waals surface area contributed by atoms with Gasteiger partial charge >= 0.3 is 0 Å². The average Bonchev–Trinajstić information content (AvgIpc) is 2.42. The Morgan fingerprint density at radius 2 is 2.17 bits per heavy atom. The molecule has 94 valence electrons. The maximum atomic E-state index is 4.47. The van der Waals surface area contributed by atoms with Gasteiger partial charge in [-0.1, -0.05) is 13.0 Å². The van der Waals surface area contributed by atoms with Crippen LogP contribution in [0.1, 0.15) is 30.6 Å². The molecule has 0 saturated carbocycles. The molecule has 0 radical (unpaired) electrons. The molecular formula is C14H16BrN3. The van der Waals surface area contributed by atoms with Crippen molar-refractivity contribution in [1.29, 1.82) is 0 Å². The molecule has 18 heavy (non-hydrogen) atoms. The summed E-state index contributed by atoms with van der Waals surface area (Å²) in [4.78, 5) is 8.65. The molecule has 1 unspecified atom stereocenters. The minimum atomic E-state index is 0.103. The number of aromatic nitrogens is 2. The normalized spacial score (nSPS) is 12.3. The zero-order valence-electron chi connectivity index (χ0n) is 10.3. The number of halogens is 1. The highest BCUT2D eigenvalue weighted by atomic mass is 79.9. The van der Waals surface area contributed by atoms with Gasteiger partial charge in [0.05, 0.1) is 11.7 Å². The van der Waals surface area contributed by atoms with Crippen molar-refractivity contribution in [2.24, 2.45) is 0 Å². The van der Waals surface area contributed by atoms with Gasteiger partial charge < -0.3 is 5.32 Å². The molecule has 1 atom stereocenters. The number of pyridine rings is 2. The molecule has 0 saturated heterocycles. The number of nitrogens with zero attached hydrogens (tertiary/aromatic N) is 2. The molecule has 1 N–H and O–H groups in total. The van der Waals surface area contributed by atoms with E-state index in [9.17, 15) is 0 Å². The second kappa shape index (κ2) is 6.61. The fourth-order valence-corrected chi connectivity index (χ4v) is 2.02. The highest BCUT2D eigenvalue weighted by Crippen LogP contribution is 2.20. The summed E-state index contributed by atoms with van der Waals surface area (Å²) >= 11 is 3.41. The van der Waals surface area contributed by atoms with Crippen LogP contribution in [0.25, 0.3) is 0 Å². The van der Waals surface area contributed by atoms with E-state index >= 15 is 0 Å². The van der Waals surface area contributed by atoms with Gasteiger partial charge in [-0.05, 0) is 52.7 Å². The smallest absolute Gasteiger partial charge is 0.0766 e. The van der Waals surface area contributed by atoms with Crippen LogP contribution in [0.4, 0.5) is 0 Å². The molecule has 0 aromatic carbocycles. The SMILES string of the molecule is CCCNC(c1cccnc1)c1ccc(Br)cn1. The summed E-state index contributed by atoms with van der Waals surface area (Å²) in [6.07, 6.45) is 6.59. The van der Waals surface area contributed by atoms with Crippen molar-refractivity contribution in [3.63, 3.8) is 0 Å². The summed E-state index contributed by atoms with van der Waals surface area (Å²) in [5.41, 5.74) is 2.15. The maximum absolute atomic E-state index is 4.47. The first kappa shape index (κ1) is 13.2. The third-order valence-corrected chi connectivity index (χ3v) is 3.13. The summed E-state index contributed by atoms with van der Waals surface area (Å²) in [6, 6.07) is 8.18. The fourth-order valence-electron chi connectivity index (χ4n) is 1.79. The lowest BCUT2D eigenvalue weighted by atomic mass is 10.1.